The first kappa shape index (κ1) is 15.5. The molecule has 0 atom stereocenters. The number of nitrogens with two attached hydrogens (primary N) is 1. The van der Waals surface area contributed by atoms with E-state index in [0.717, 1.165) is 23.5 Å². The molecule has 1 amide bonds. The van der Waals surface area contributed by atoms with Gasteiger partial charge < -0.3 is 15.8 Å². The van der Waals surface area contributed by atoms with Gasteiger partial charge in [-0.1, -0.05) is 29.8 Å². The van der Waals surface area contributed by atoms with Crippen LogP contribution < -0.4 is 11.1 Å². The topological polar surface area (TPSA) is 77.2 Å². The Morgan fingerprint density at radius 2 is 2.10 bits per heavy atom. The van der Waals surface area contributed by atoms with E-state index in [1.807, 2.05) is 31.2 Å². The van der Waals surface area contributed by atoms with Crippen LogP contribution in [0.1, 0.15) is 21.7 Å². The Morgan fingerprint density at radius 3 is 2.76 bits per heavy atom. The smallest absolute Gasteiger partial charge is 0.265 e. The first-order valence-corrected chi connectivity index (χ1v) is 7.50. The maximum absolute atomic E-state index is 12.1. The number of anilines is 1. The SMILES string of the molecule is COCCCNC(=O)c1snc(-c2ccc(C)cc2)c1N. The monoisotopic (exact) mass is 305 g/mol. The average molecular weight is 305 g/mol. The molecule has 0 aliphatic rings. The zero-order chi connectivity index (χ0) is 15.2. The van der Waals surface area contributed by atoms with Crippen LogP contribution in [0, 0.1) is 6.92 Å². The van der Waals surface area contributed by atoms with Gasteiger partial charge in [0.1, 0.15) is 10.6 Å². The minimum atomic E-state index is -0.181. The summed E-state index contributed by atoms with van der Waals surface area (Å²) in [5.41, 5.74) is 9.27. The first-order chi connectivity index (χ1) is 10.1. The highest BCUT2D eigenvalue weighted by atomic mass is 32.1. The predicted octanol–water partition coefficient (Wildman–Crippen LogP) is 2.47. The van der Waals surface area contributed by atoms with E-state index in [-0.39, 0.29) is 5.91 Å². The molecule has 3 N–H and O–H groups in total. The van der Waals surface area contributed by atoms with Gasteiger partial charge in [-0.25, -0.2) is 0 Å². The van der Waals surface area contributed by atoms with Gasteiger partial charge >= 0.3 is 0 Å². The number of aryl methyl sites for hydroxylation is 1. The van der Waals surface area contributed by atoms with Crippen molar-refractivity contribution in [1.29, 1.82) is 0 Å². The molecule has 5 nitrogen and oxygen atoms in total. The summed E-state index contributed by atoms with van der Waals surface area (Å²) in [6.07, 6.45) is 0.770. The quantitative estimate of drug-likeness (QED) is 0.804. The number of nitrogen functional groups attached to an aromatic ring is 1. The number of nitrogens with zero attached hydrogens (tertiary/aromatic N) is 1. The summed E-state index contributed by atoms with van der Waals surface area (Å²) in [6.45, 7) is 3.20. The summed E-state index contributed by atoms with van der Waals surface area (Å²) in [7, 11) is 1.64. The highest BCUT2D eigenvalue weighted by Gasteiger charge is 2.18. The highest BCUT2D eigenvalue weighted by molar-refractivity contribution is 7.09. The Hall–Kier alpha value is -1.92. The third kappa shape index (κ3) is 3.80. The number of carbonyl (C=O) groups excluding carboxylic acids is 1. The lowest BCUT2D eigenvalue weighted by atomic mass is 10.1. The number of benzene rings is 1. The fourth-order valence-corrected chi connectivity index (χ4v) is 2.62. The molecule has 1 heterocycles. The van der Waals surface area contributed by atoms with E-state index in [1.54, 1.807) is 7.11 Å². The van der Waals surface area contributed by atoms with Crippen LogP contribution in [0.3, 0.4) is 0 Å². The molecule has 0 fully saturated rings. The van der Waals surface area contributed by atoms with E-state index in [2.05, 4.69) is 9.69 Å². The van der Waals surface area contributed by atoms with Gasteiger partial charge in [-0.05, 0) is 24.9 Å². The molecule has 1 aromatic heterocycles. The van der Waals surface area contributed by atoms with Crippen LogP contribution in [0.4, 0.5) is 5.69 Å². The zero-order valence-corrected chi connectivity index (χ0v) is 13.0. The van der Waals surface area contributed by atoms with Crippen molar-refractivity contribution in [3.05, 3.63) is 34.7 Å². The minimum Gasteiger partial charge on any atom is -0.396 e. The van der Waals surface area contributed by atoms with E-state index in [0.29, 0.717) is 29.4 Å². The van der Waals surface area contributed by atoms with Crippen molar-refractivity contribution < 1.29 is 9.53 Å². The number of hydrogen-bond donors (Lipinski definition) is 2. The molecule has 0 saturated heterocycles. The number of amides is 1. The molecule has 112 valence electrons. The normalized spacial score (nSPS) is 10.6. The molecule has 0 unspecified atom stereocenters. The Kier molecular flexibility index (Phi) is 5.30. The molecular weight excluding hydrogens is 286 g/mol. The van der Waals surface area contributed by atoms with Crippen molar-refractivity contribution >= 4 is 23.1 Å². The Balaban J connectivity index is 2.09. The second kappa shape index (κ2) is 7.19. The molecule has 0 aliphatic carbocycles. The molecule has 2 aromatic rings. The molecule has 2 rings (SSSR count). The molecule has 0 saturated carbocycles. The molecule has 0 bridgehead atoms. The number of hydrogen-bond acceptors (Lipinski definition) is 5. The number of rotatable bonds is 6. The largest absolute Gasteiger partial charge is 0.396 e. The van der Waals surface area contributed by atoms with Gasteiger partial charge in [0, 0.05) is 25.8 Å². The summed E-state index contributed by atoms with van der Waals surface area (Å²) in [5, 5.41) is 2.82. The first-order valence-electron chi connectivity index (χ1n) is 6.72. The Bertz CT molecular complexity index is 608. The Labute approximate surface area is 128 Å². The highest BCUT2D eigenvalue weighted by Crippen LogP contribution is 2.30. The molecule has 21 heavy (non-hydrogen) atoms. The average Bonchev–Trinajstić information content (AvgIpc) is 2.86. The lowest BCUT2D eigenvalue weighted by Gasteiger charge is -2.04. The lowest BCUT2D eigenvalue weighted by molar-refractivity contribution is 0.0953. The zero-order valence-electron chi connectivity index (χ0n) is 12.2. The molecule has 0 aliphatic heterocycles. The molecule has 1 aromatic carbocycles. The van der Waals surface area contributed by atoms with Crippen molar-refractivity contribution in [1.82, 2.24) is 9.69 Å². The van der Waals surface area contributed by atoms with Gasteiger partial charge in [-0.3, -0.25) is 4.79 Å². The van der Waals surface area contributed by atoms with Crippen LogP contribution in [0.15, 0.2) is 24.3 Å². The van der Waals surface area contributed by atoms with E-state index < -0.39 is 0 Å². The summed E-state index contributed by atoms with van der Waals surface area (Å²) >= 11 is 1.13. The predicted molar refractivity (Wildman–Crippen MR) is 85.5 cm³/mol. The van der Waals surface area contributed by atoms with Gasteiger partial charge in [-0.15, -0.1) is 0 Å². The van der Waals surface area contributed by atoms with Crippen LogP contribution in [0.25, 0.3) is 11.3 Å². The molecule has 0 spiro atoms. The van der Waals surface area contributed by atoms with E-state index >= 15 is 0 Å². The molecular formula is C15H19N3O2S. The third-order valence-electron chi connectivity index (χ3n) is 3.07. The maximum Gasteiger partial charge on any atom is 0.265 e. The van der Waals surface area contributed by atoms with Gasteiger partial charge in [0.25, 0.3) is 5.91 Å². The standard InChI is InChI=1S/C15H19N3O2S/c1-10-4-6-11(7-5-10)13-12(16)14(21-18-13)15(19)17-8-3-9-20-2/h4-7H,3,8-9,16H2,1-2H3,(H,17,19). The fraction of sp³-hybridized carbons (Fsp3) is 0.333. The molecule has 0 radical (unpaired) electrons. The van der Waals surface area contributed by atoms with E-state index in [4.69, 9.17) is 10.5 Å². The second-order valence-electron chi connectivity index (χ2n) is 4.74. The fourth-order valence-electron chi connectivity index (χ4n) is 1.88. The number of carbonyl (C=O) groups is 1. The lowest BCUT2D eigenvalue weighted by Crippen LogP contribution is -2.25. The van der Waals surface area contributed by atoms with E-state index in [1.165, 1.54) is 5.56 Å². The van der Waals surface area contributed by atoms with Crippen molar-refractivity contribution in [3.8, 4) is 11.3 Å². The second-order valence-corrected chi connectivity index (χ2v) is 5.52. The van der Waals surface area contributed by atoms with Crippen LogP contribution in [-0.4, -0.2) is 30.5 Å². The van der Waals surface area contributed by atoms with Gasteiger partial charge in [0.15, 0.2) is 0 Å². The van der Waals surface area contributed by atoms with Crippen LogP contribution in [-0.2, 0) is 4.74 Å². The summed E-state index contributed by atoms with van der Waals surface area (Å²) < 4.78 is 9.25. The third-order valence-corrected chi connectivity index (χ3v) is 3.93. The number of aromatic nitrogens is 1. The van der Waals surface area contributed by atoms with Crippen molar-refractivity contribution in [2.24, 2.45) is 0 Å². The summed E-state index contributed by atoms with van der Waals surface area (Å²) in [6, 6.07) is 7.92. The van der Waals surface area contributed by atoms with E-state index in [9.17, 15) is 4.79 Å². The van der Waals surface area contributed by atoms with Crippen molar-refractivity contribution in [2.45, 2.75) is 13.3 Å². The molecule has 6 heteroatoms. The van der Waals surface area contributed by atoms with Crippen molar-refractivity contribution in [2.75, 3.05) is 26.0 Å². The van der Waals surface area contributed by atoms with Crippen LogP contribution in [0.5, 0.6) is 0 Å². The maximum atomic E-state index is 12.1. The van der Waals surface area contributed by atoms with Gasteiger partial charge in [0.2, 0.25) is 0 Å². The minimum absolute atomic E-state index is 0.181. The summed E-state index contributed by atoms with van der Waals surface area (Å²) in [4.78, 5) is 12.5. The van der Waals surface area contributed by atoms with Crippen LogP contribution in [0.2, 0.25) is 0 Å². The number of ether oxygens (including phenoxy) is 1. The van der Waals surface area contributed by atoms with Gasteiger partial charge in [0.05, 0.1) is 5.69 Å². The number of methoxy groups -OCH3 is 1. The van der Waals surface area contributed by atoms with Crippen LogP contribution >= 0.6 is 11.5 Å². The Morgan fingerprint density at radius 1 is 1.38 bits per heavy atom. The summed E-state index contributed by atoms with van der Waals surface area (Å²) in [5.74, 6) is -0.181. The van der Waals surface area contributed by atoms with Crippen molar-refractivity contribution in [3.63, 3.8) is 0 Å². The van der Waals surface area contributed by atoms with Gasteiger partial charge in [-0.2, -0.15) is 4.37 Å². The number of nitrogens with one attached hydrogen (secondary N) is 1.